The number of carboxylic acids is 1. The summed E-state index contributed by atoms with van der Waals surface area (Å²) in [5, 5.41) is 11.5. The van der Waals surface area contributed by atoms with Gasteiger partial charge in [0, 0.05) is 6.42 Å². The standard InChI is InChI=1S/C17H31NO3/c1-3-5-6-7-8-9-10-11-12-14-16(19)18-15(13-4-2)17(20)21/h4,15H,2-3,5-14H2,1H3,(H,18,19)(H,20,21). The highest BCUT2D eigenvalue weighted by molar-refractivity contribution is 5.83. The number of carbonyl (C=O) groups excluding carboxylic acids is 1. The van der Waals surface area contributed by atoms with Crippen LogP contribution < -0.4 is 5.32 Å². The molecule has 0 aromatic carbocycles. The third kappa shape index (κ3) is 12.2. The molecule has 2 N–H and O–H groups in total. The normalized spacial score (nSPS) is 11.9. The Morgan fingerprint density at radius 2 is 1.57 bits per heavy atom. The Bertz CT molecular complexity index is 302. The van der Waals surface area contributed by atoms with E-state index < -0.39 is 12.0 Å². The molecule has 4 nitrogen and oxygen atoms in total. The zero-order valence-electron chi connectivity index (χ0n) is 13.4. The SMILES string of the molecule is C=CCC(NC(=O)CCCCCCCCCCC)C(=O)O. The van der Waals surface area contributed by atoms with E-state index in [0.717, 1.165) is 19.3 Å². The highest BCUT2D eigenvalue weighted by Crippen LogP contribution is 2.10. The van der Waals surface area contributed by atoms with Crippen molar-refractivity contribution in [2.45, 2.75) is 83.6 Å². The molecule has 0 aliphatic carbocycles. The van der Waals surface area contributed by atoms with Gasteiger partial charge in [-0.15, -0.1) is 6.58 Å². The molecule has 122 valence electrons. The fraction of sp³-hybridized carbons (Fsp3) is 0.765. The minimum absolute atomic E-state index is 0.174. The summed E-state index contributed by atoms with van der Waals surface area (Å²) in [5.74, 6) is -1.18. The molecule has 0 aromatic heterocycles. The van der Waals surface area contributed by atoms with E-state index in [1.807, 2.05) is 0 Å². The molecule has 0 bridgehead atoms. The van der Waals surface area contributed by atoms with Crippen LogP contribution in [-0.2, 0) is 9.59 Å². The van der Waals surface area contributed by atoms with Crippen molar-refractivity contribution in [3.05, 3.63) is 12.7 Å². The lowest BCUT2D eigenvalue weighted by molar-refractivity contribution is -0.141. The number of unbranched alkanes of at least 4 members (excludes halogenated alkanes) is 8. The van der Waals surface area contributed by atoms with Crippen molar-refractivity contribution < 1.29 is 14.7 Å². The van der Waals surface area contributed by atoms with E-state index in [2.05, 4.69) is 18.8 Å². The molecule has 0 heterocycles. The number of hydrogen-bond donors (Lipinski definition) is 2. The van der Waals surface area contributed by atoms with Gasteiger partial charge in [-0.25, -0.2) is 4.79 Å². The summed E-state index contributed by atoms with van der Waals surface area (Å²) in [7, 11) is 0. The predicted molar refractivity (Wildman–Crippen MR) is 86.2 cm³/mol. The van der Waals surface area contributed by atoms with Crippen molar-refractivity contribution in [1.82, 2.24) is 5.32 Å². The Balaban J connectivity index is 3.52. The molecule has 21 heavy (non-hydrogen) atoms. The van der Waals surface area contributed by atoms with E-state index in [1.54, 1.807) is 0 Å². The van der Waals surface area contributed by atoms with E-state index in [1.165, 1.54) is 44.6 Å². The summed E-state index contributed by atoms with van der Waals surface area (Å²) >= 11 is 0. The Morgan fingerprint density at radius 3 is 2.05 bits per heavy atom. The maximum Gasteiger partial charge on any atom is 0.326 e. The fourth-order valence-electron chi connectivity index (χ4n) is 2.25. The van der Waals surface area contributed by atoms with E-state index in [9.17, 15) is 9.59 Å². The van der Waals surface area contributed by atoms with Gasteiger partial charge in [0.2, 0.25) is 5.91 Å². The molecule has 0 aliphatic rings. The highest BCUT2D eigenvalue weighted by Gasteiger charge is 2.17. The largest absolute Gasteiger partial charge is 0.480 e. The quantitative estimate of drug-likeness (QED) is 0.375. The summed E-state index contributed by atoms with van der Waals surface area (Å²) in [6.07, 6.45) is 13.0. The van der Waals surface area contributed by atoms with Gasteiger partial charge in [0.1, 0.15) is 6.04 Å². The zero-order valence-corrected chi connectivity index (χ0v) is 13.4. The maximum atomic E-state index is 11.6. The second-order valence-electron chi connectivity index (χ2n) is 5.56. The Hall–Kier alpha value is -1.32. The van der Waals surface area contributed by atoms with Gasteiger partial charge in [0.25, 0.3) is 0 Å². The van der Waals surface area contributed by atoms with Crippen LogP contribution in [0.3, 0.4) is 0 Å². The molecule has 1 amide bonds. The second-order valence-corrected chi connectivity index (χ2v) is 5.56. The molecular weight excluding hydrogens is 266 g/mol. The van der Waals surface area contributed by atoms with Gasteiger partial charge in [-0.3, -0.25) is 4.79 Å². The van der Waals surface area contributed by atoms with E-state index in [0.29, 0.717) is 6.42 Å². The van der Waals surface area contributed by atoms with E-state index in [-0.39, 0.29) is 12.3 Å². The van der Waals surface area contributed by atoms with Crippen LogP contribution in [0.2, 0.25) is 0 Å². The fourth-order valence-corrected chi connectivity index (χ4v) is 2.25. The van der Waals surface area contributed by atoms with Gasteiger partial charge in [0.05, 0.1) is 0 Å². The predicted octanol–water partition coefficient (Wildman–Crippen LogP) is 4.05. The molecule has 0 saturated heterocycles. The molecular formula is C17H31NO3. The molecule has 0 saturated carbocycles. The molecule has 0 fully saturated rings. The summed E-state index contributed by atoms with van der Waals surface area (Å²) in [4.78, 5) is 22.5. The van der Waals surface area contributed by atoms with Crippen LogP contribution in [0.1, 0.15) is 77.6 Å². The van der Waals surface area contributed by atoms with E-state index >= 15 is 0 Å². The molecule has 0 rings (SSSR count). The lowest BCUT2D eigenvalue weighted by atomic mass is 10.1. The average molecular weight is 297 g/mol. The Kier molecular flexibility index (Phi) is 12.8. The Labute approximate surface area is 129 Å². The molecule has 1 unspecified atom stereocenters. The minimum atomic E-state index is -1.00. The van der Waals surface area contributed by atoms with Gasteiger partial charge in [0.15, 0.2) is 0 Å². The first-order valence-corrected chi connectivity index (χ1v) is 8.24. The van der Waals surface area contributed by atoms with Gasteiger partial charge in [-0.05, 0) is 12.8 Å². The molecule has 0 aromatic rings. The van der Waals surface area contributed by atoms with Crippen LogP contribution in [-0.4, -0.2) is 23.0 Å². The van der Waals surface area contributed by atoms with E-state index in [4.69, 9.17) is 5.11 Å². The van der Waals surface area contributed by atoms with Crippen LogP contribution in [0, 0.1) is 0 Å². The topological polar surface area (TPSA) is 66.4 Å². The summed E-state index contributed by atoms with van der Waals surface area (Å²) in [6, 6.07) is -0.839. The zero-order chi connectivity index (χ0) is 15.9. The van der Waals surface area contributed by atoms with Crippen LogP contribution >= 0.6 is 0 Å². The van der Waals surface area contributed by atoms with Crippen molar-refractivity contribution >= 4 is 11.9 Å². The number of amides is 1. The van der Waals surface area contributed by atoms with Gasteiger partial charge >= 0.3 is 5.97 Å². The Morgan fingerprint density at radius 1 is 1.05 bits per heavy atom. The number of hydrogen-bond acceptors (Lipinski definition) is 2. The number of carboxylic acid groups (broad SMARTS) is 1. The van der Waals surface area contributed by atoms with Gasteiger partial charge in [-0.2, -0.15) is 0 Å². The van der Waals surface area contributed by atoms with Crippen LogP contribution in [0.25, 0.3) is 0 Å². The van der Waals surface area contributed by atoms with Gasteiger partial charge < -0.3 is 10.4 Å². The highest BCUT2D eigenvalue weighted by atomic mass is 16.4. The van der Waals surface area contributed by atoms with Crippen LogP contribution in [0.15, 0.2) is 12.7 Å². The third-order valence-electron chi connectivity index (χ3n) is 3.54. The summed E-state index contributed by atoms with van der Waals surface area (Å²) in [6.45, 7) is 5.72. The molecule has 4 heteroatoms. The average Bonchev–Trinajstić information content (AvgIpc) is 2.45. The number of aliphatic carboxylic acids is 1. The summed E-state index contributed by atoms with van der Waals surface area (Å²) in [5.41, 5.74) is 0. The lowest BCUT2D eigenvalue weighted by Gasteiger charge is -2.12. The van der Waals surface area contributed by atoms with Crippen LogP contribution in [0.4, 0.5) is 0 Å². The molecule has 1 atom stereocenters. The third-order valence-corrected chi connectivity index (χ3v) is 3.54. The molecule has 0 spiro atoms. The van der Waals surface area contributed by atoms with Gasteiger partial charge in [-0.1, -0.05) is 64.4 Å². The van der Waals surface area contributed by atoms with Crippen LogP contribution in [0.5, 0.6) is 0 Å². The second kappa shape index (κ2) is 13.7. The smallest absolute Gasteiger partial charge is 0.326 e. The minimum Gasteiger partial charge on any atom is -0.480 e. The van der Waals surface area contributed by atoms with Crippen molar-refractivity contribution in [2.75, 3.05) is 0 Å². The lowest BCUT2D eigenvalue weighted by Crippen LogP contribution is -2.40. The van der Waals surface area contributed by atoms with Crippen molar-refractivity contribution in [3.8, 4) is 0 Å². The van der Waals surface area contributed by atoms with Crippen molar-refractivity contribution in [2.24, 2.45) is 0 Å². The monoisotopic (exact) mass is 297 g/mol. The molecule has 0 aliphatic heterocycles. The number of rotatable bonds is 14. The first-order valence-electron chi connectivity index (χ1n) is 8.24. The summed E-state index contributed by atoms with van der Waals surface area (Å²) < 4.78 is 0. The first-order chi connectivity index (χ1) is 10.1. The number of nitrogens with one attached hydrogen (secondary N) is 1. The van der Waals surface area contributed by atoms with Crippen molar-refractivity contribution in [3.63, 3.8) is 0 Å². The number of carbonyl (C=O) groups is 2. The molecule has 0 radical (unpaired) electrons. The first kappa shape index (κ1) is 19.7. The maximum absolute atomic E-state index is 11.6. The van der Waals surface area contributed by atoms with Crippen molar-refractivity contribution in [1.29, 1.82) is 0 Å².